The zero-order valence-electron chi connectivity index (χ0n) is 15.9. The van der Waals surface area contributed by atoms with Crippen molar-refractivity contribution in [2.75, 3.05) is 13.7 Å². The van der Waals surface area contributed by atoms with Gasteiger partial charge in [0.15, 0.2) is 0 Å². The number of carbonyl (C=O) groups excluding carboxylic acids is 1. The van der Waals surface area contributed by atoms with E-state index < -0.39 is 0 Å². The summed E-state index contributed by atoms with van der Waals surface area (Å²) in [4.78, 5) is 15.1. The Morgan fingerprint density at radius 1 is 1.11 bits per heavy atom. The summed E-state index contributed by atoms with van der Waals surface area (Å²) in [5.74, 6) is 1.05. The molecule has 2 aromatic carbocycles. The van der Waals surface area contributed by atoms with E-state index in [1.165, 1.54) is 12.0 Å². The van der Waals surface area contributed by atoms with Crippen LogP contribution in [-0.4, -0.2) is 24.5 Å². The molecule has 0 radical (unpaired) electrons. The van der Waals surface area contributed by atoms with Gasteiger partial charge in [-0.2, -0.15) is 5.26 Å². The van der Waals surface area contributed by atoms with Gasteiger partial charge in [-0.05, 0) is 54.7 Å². The van der Waals surface area contributed by atoms with Gasteiger partial charge >= 0.3 is 0 Å². The van der Waals surface area contributed by atoms with Crippen molar-refractivity contribution in [1.82, 2.24) is 4.90 Å². The Hall–Kier alpha value is -2.80. The molecule has 3 rings (SSSR count). The zero-order valence-corrected chi connectivity index (χ0v) is 15.9. The second kappa shape index (κ2) is 9.23. The second-order valence-corrected chi connectivity index (χ2v) is 7.03. The zero-order chi connectivity index (χ0) is 19.1. The number of likely N-dealkylation sites (tertiary alicyclic amines) is 1. The van der Waals surface area contributed by atoms with Crippen LogP contribution in [0.15, 0.2) is 48.5 Å². The third-order valence-corrected chi connectivity index (χ3v) is 5.28. The molecule has 0 aromatic heterocycles. The summed E-state index contributed by atoms with van der Waals surface area (Å²) in [6, 6.07) is 17.9. The Labute approximate surface area is 161 Å². The van der Waals surface area contributed by atoms with Gasteiger partial charge in [-0.25, -0.2) is 0 Å². The molecule has 1 atom stereocenters. The van der Waals surface area contributed by atoms with Crippen LogP contribution in [0.25, 0.3) is 0 Å². The number of amides is 1. The molecule has 1 unspecified atom stereocenters. The predicted molar refractivity (Wildman–Crippen MR) is 105 cm³/mol. The maximum atomic E-state index is 13.0. The lowest BCUT2D eigenvalue weighted by molar-refractivity contribution is -0.133. The second-order valence-electron chi connectivity index (χ2n) is 7.03. The highest BCUT2D eigenvalue weighted by atomic mass is 16.5. The highest BCUT2D eigenvalue weighted by molar-refractivity contribution is 5.77. The normalized spacial score (nSPS) is 17.0. The van der Waals surface area contributed by atoms with Gasteiger partial charge in [-0.1, -0.05) is 37.1 Å². The van der Waals surface area contributed by atoms with E-state index in [0.29, 0.717) is 18.4 Å². The maximum Gasteiger partial charge on any atom is 0.223 e. The van der Waals surface area contributed by atoms with E-state index in [9.17, 15) is 4.79 Å². The fourth-order valence-corrected chi connectivity index (χ4v) is 3.72. The van der Waals surface area contributed by atoms with Crippen molar-refractivity contribution >= 4 is 5.91 Å². The van der Waals surface area contributed by atoms with Crippen LogP contribution in [0.4, 0.5) is 0 Å². The Balaban J connectivity index is 1.69. The van der Waals surface area contributed by atoms with Crippen LogP contribution < -0.4 is 4.74 Å². The minimum Gasteiger partial charge on any atom is -0.497 e. The van der Waals surface area contributed by atoms with Gasteiger partial charge in [-0.15, -0.1) is 0 Å². The van der Waals surface area contributed by atoms with Crippen molar-refractivity contribution in [1.29, 1.82) is 5.26 Å². The first-order chi connectivity index (χ1) is 13.2. The van der Waals surface area contributed by atoms with Gasteiger partial charge in [0.05, 0.1) is 24.8 Å². The molecule has 1 aliphatic rings. The van der Waals surface area contributed by atoms with Gasteiger partial charge in [-0.3, -0.25) is 4.79 Å². The third kappa shape index (κ3) is 4.89. The summed E-state index contributed by atoms with van der Waals surface area (Å²) >= 11 is 0. The summed E-state index contributed by atoms with van der Waals surface area (Å²) in [7, 11) is 1.67. The van der Waals surface area contributed by atoms with Gasteiger partial charge in [0, 0.05) is 13.0 Å². The number of carbonyl (C=O) groups is 1. The summed E-state index contributed by atoms with van der Waals surface area (Å²) in [6.45, 7) is 0.822. The van der Waals surface area contributed by atoms with E-state index in [4.69, 9.17) is 10.00 Å². The molecule has 0 bridgehead atoms. The monoisotopic (exact) mass is 362 g/mol. The minimum atomic E-state index is 0.145. The van der Waals surface area contributed by atoms with E-state index >= 15 is 0 Å². The molecule has 27 heavy (non-hydrogen) atoms. The van der Waals surface area contributed by atoms with Gasteiger partial charge in [0.2, 0.25) is 5.91 Å². The quantitative estimate of drug-likeness (QED) is 0.778. The van der Waals surface area contributed by atoms with Gasteiger partial charge in [0.25, 0.3) is 0 Å². The van der Waals surface area contributed by atoms with Crippen molar-refractivity contribution in [2.45, 2.75) is 44.6 Å². The summed E-state index contributed by atoms with van der Waals surface area (Å²) < 4.78 is 5.26. The number of methoxy groups -OCH3 is 1. The van der Waals surface area contributed by atoms with Crippen molar-refractivity contribution < 1.29 is 9.53 Å². The molecule has 1 saturated heterocycles. The Morgan fingerprint density at radius 3 is 2.52 bits per heavy atom. The molecule has 1 heterocycles. The number of hydrogen-bond acceptors (Lipinski definition) is 3. The van der Waals surface area contributed by atoms with Crippen LogP contribution in [-0.2, 0) is 11.2 Å². The predicted octanol–water partition coefficient (Wildman–Crippen LogP) is 4.64. The van der Waals surface area contributed by atoms with Crippen LogP contribution in [0.5, 0.6) is 5.75 Å². The van der Waals surface area contributed by atoms with Crippen LogP contribution in [0.3, 0.4) is 0 Å². The maximum absolute atomic E-state index is 13.0. The fraction of sp³-hybridized carbons (Fsp3) is 0.391. The lowest BCUT2D eigenvalue weighted by Gasteiger charge is -2.31. The van der Waals surface area contributed by atoms with E-state index in [1.807, 2.05) is 36.4 Å². The summed E-state index contributed by atoms with van der Waals surface area (Å²) in [5, 5.41) is 8.90. The first-order valence-electron chi connectivity index (χ1n) is 9.63. The lowest BCUT2D eigenvalue weighted by Crippen LogP contribution is -2.35. The van der Waals surface area contributed by atoms with Crippen molar-refractivity contribution in [3.05, 3.63) is 65.2 Å². The standard InChI is InChI=1S/C23H26N2O2/c1-27-21-13-11-20(12-14-21)22-5-3-2-4-16-25(22)23(26)15-10-18-6-8-19(17-24)9-7-18/h6-9,11-14,22H,2-5,10,15-16H2,1H3. The number of benzene rings is 2. The van der Waals surface area contributed by atoms with Gasteiger partial charge < -0.3 is 9.64 Å². The van der Waals surface area contributed by atoms with Gasteiger partial charge in [0.1, 0.15) is 5.75 Å². The first kappa shape index (κ1) is 19.0. The number of nitriles is 1. The van der Waals surface area contributed by atoms with E-state index in [1.54, 1.807) is 7.11 Å². The van der Waals surface area contributed by atoms with Crippen LogP contribution in [0, 0.1) is 11.3 Å². The molecule has 0 spiro atoms. The van der Waals surface area contributed by atoms with Crippen molar-refractivity contribution in [3.8, 4) is 11.8 Å². The molecule has 140 valence electrons. The largest absolute Gasteiger partial charge is 0.497 e. The summed E-state index contributed by atoms with van der Waals surface area (Å²) in [5.41, 5.74) is 2.93. The number of aryl methyl sites for hydroxylation is 1. The highest BCUT2D eigenvalue weighted by Gasteiger charge is 2.26. The average molecular weight is 362 g/mol. The molecule has 4 nitrogen and oxygen atoms in total. The number of rotatable bonds is 5. The van der Waals surface area contributed by atoms with Crippen LogP contribution in [0.1, 0.15) is 54.8 Å². The fourth-order valence-electron chi connectivity index (χ4n) is 3.72. The molecular formula is C23H26N2O2. The highest BCUT2D eigenvalue weighted by Crippen LogP contribution is 2.31. The van der Waals surface area contributed by atoms with Crippen LogP contribution >= 0.6 is 0 Å². The molecule has 0 N–H and O–H groups in total. The number of hydrogen-bond donors (Lipinski definition) is 0. The number of nitrogens with zero attached hydrogens (tertiary/aromatic N) is 2. The third-order valence-electron chi connectivity index (χ3n) is 5.28. The molecule has 1 fully saturated rings. The topological polar surface area (TPSA) is 53.3 Å². The first-order valence-corrected chi connectivity index (χ1v) is 9.63. The Bertz CT molecular complexity index is 791. The average Bonchev–Trinajstić information content (AvgIpc) is 2.98. The lowest BCUT2D eigenvalue weighted by atomic mass is 10.00. The molecule has 1 amide bonds. The minimum absolute atomic E-state index is 0.145. The SMILES string of the molecule is COc1ccc(C2CCCCCN2C(=O)CCc2ccc(C#N)cc2)cc1. The van der Waals surface area contributed by atoms with Crippen LogP contribution in [0.2, 0.25) is 0 Å². The Morgan fingerprint density at radius 2 is 1.85 bits per heavy atom. The van der Waals surface area contributed by atoms with E-state index in [-0.39, 0.29) is 11.9 Å². The Kier molecular flexibility index (Phi) is 6.49. The molecule has 4 heteroatoms. The summed E-state index contributed by atoms with van der Waals surface area (Å²) in [6.07, 6.45) is 5.60. The molecule has 0 aliphatic carbocycles. The number of ether oxygens (including phenoxy) is 1. The van der Waals surface area contributed by atoms with Crippen molar-refractivity contribution in [2.24, 2.45) is 0 Å². The molecular weight excluding hydrogens is 336 g/mol. The molecule has 0 saturated carbocycles. The molecule has 2 aromatic rings. The van der Waals surface area contributed by atoms with Crippen molar-refractivity contribution in [3.63, 3.8) is 0 Å². The molecule has 1 aliphatic heterocycles. The van der Waals surface area contributed by atoms with E-state index in [0.717, 1.165) is 37.1 Å². The van der Waals surface area contributed by atoms with E-state index in [2.05, 4.69) is 23.1 Å². The smallest absolute Gasteiger partial charge is 0.223 e.